The zero-order chi connectivity index (χ0) is 37.1. The lowest BCUT2D eigenvalue weighted by molar-refractivity contribution is -0.161. The van der Waals surface area contributed by atoms with Gasteiger partial charge in [-0.05, 0) is 50.6 Å². The van der Waals surface area contributed by atoms with Crippen LogP contribution in [0.3, 0.4) is 0 Å². The van der Waals surface area contributed by atoms with E-state index in [4.69, 9.17) is 35.3 Å². The second-order valence-electron chi connectivity index (χ2n) is 13.4. The normalized spacial score (nSPS) is 30.7. The molecule has 4 rings (SSSR count). The molecule has 50 heavy (non-hydrogen) atoms. The number of rotatable bonds is 7. The summed E-state index contributed by atoms with van der Waals surface area (Å²) in [6.07, 6.45) is 1.08. The van der Waals surface area contributed by atoms with Crippen LogP contribution in [-0.2, 0) is 39.8 Å². The van der Waals surface area contributed by atoms with Gasteiger partial charge in [0.2, 0.25) is 11.8 Å². The molecule has 0 radical (unpaired) electrons. The number of epoxide rings is 1. The average molecular weight is 738 g/mol. The minimum Gasteiger partial charge on any atom is -0.495 e. The highest BCUT2D eigenvalue weighted by atomic mass is 35.5. The molecule has 0 aromatic heterocycles. The molecule has 8 atom stereocenters. The number of allylic oxidation sites excluding steroid dienone is 3. The van der Waals surface area contributed by atoms with Crippen LogP contribution >= 0.6 is 24.2 Å². The summed E-state index contributed by atoms with van der Waals surface area (Å²) >= 11 is 10.8. The SMILES string of the molecule is COc1cc2cc(c1Cl)N(C)C(=O)C[C@H](OC(=O)[C@H](C)N(C)C(=O)CCS)[C@]1(C)O[C@H]1C(C)[C@@H]1C[C@@](O)(NC(=O)O1)[C@H](OC)C=CC=C(C)C2. The molecule has 0 aliphatic carbocycles. The summed E-state index contributed by atoms with van der Waals surface area (Å²) < 4.78 is 29.0. The van der Waals surface area contributed by atoms with Gasteiger partial charge in [-0.15, -0.1) is 0 Å². The number of aliphatic hydroxyl groups is 1. The summed E-state index contributed by atoms with van der Waals surface area (Å²) in [4.78, 5) is 55.6. The van der Waals surface area contributed by atoms with E-state index < -0.39 is 65.7 Å². The number of fused-ring (bicyclic) bond motifs is 5. The molecule has 4 bridgehead atoms. The highest BCUT2D eigenvalue weighted by Crippen LogP contribution is 2.49. The highest BCUT2D eigenvalue weighted by Gasteiger charge is 2.64. The van der Waals surface area contributed by atoms with Gasteiger partial charge in [-0.25, -0.2) is 9.59 Å². The van der Waals surface area contributed by atoms with Gasteiger partial charge in [-0.2, -0.15) is 12.6 Å². The molecular weight excluding hydrogens is 690 g/mol. The topological polar surface area (TPSA) is 156 Å². The fourth-order valence-electron chi connectivity index (χ4n) is 6.49. The molecule has 13 nitrogen and oxygen atoms in total. The van der Waals surface area contributed by atoms with Crippen LogP contribution in [0.1, 0.15) is 52.5 Å². The summed E-state index contributed by atoms with van der Waals surface area (Å²) in [5.41, 5.74) is -0.903. The van der Waals surface area contributed by atoms with Crippen LogP contribution < -0.4 is 15.0 Å². The summed E-state index contributed by atoms with van der Waals surface area (Å²) in [6, 6.07) is 2.60. The third-order valence-corrected chi connectivity index (χ3v) is 10.5. The van der Waals surface area contributed by atoms with E-state index in [1.165, 1.54) is 38.0 Å². The maximum absolute atomic E-state index is 14.0. The number of amides is 3. The summed E-state index contributed by atoms with van der Waals surface area (Å²) in [6.45, 7) is 6.96. The van der Waals surface area contributed by atoms with Gasteiger partial charge in [0.1, 0.15) is 40.7 Å². The maximum atomic E-state index is 14.0. The Bertz CT molecular complexity index is 1540. The lowest BCUT2D eigenvalue weighted by Gasteiger charge is -2.42. The summed E-state index contributed by atoms with van der Waals surface area (Å²) in [5.74, 6) is -1.30. The molecule has 3 aliphatic rings. The molecule has 0 saturated carbocycles. The van der Waals surface area contributed by atoms with E-state index in [0.29, 0.717) is 23.6 Å². The lowest BCUT2D eigenvalue weighted by atomic mass is 9.83. The van der Waals surface area contributed by atoms with Crippen LogP contribution in [0.25, 0.3) is 0 Å². The van der Waals surface area contributed by atoms with Gasteiger partial charge in [-0.3, -0.25) is 14.9 Å². The van der Waals surface area contributed by atoms with E-state index in [1.807, 2.05) is 13.0 Å². The molecule has 3 aliphatic heterocycles. The first-order chi connectivity index (χ1) is 23.5. The van der Waals surface area contributed by atoms with E-state index in [-0.39, 0.29) is 30.2 Å². The Morgan fingerprint density at radius 1 is 1.28 bits per heavy atom. The number of methoxy groups -OCH3 is 2. The third kappa shape index (κ3) is 8.42. The third-order valence-electron chi connectivity index (χ3n) is 9.85. The minimum absolute atomic E-state index is 0.0489. The van der Waals surface area contributed by atoms with Crippen molar-refractivity contribution in [3.05, 3.63) is 46.5 Å². The zero-order valence-electron chi connectivity index (χ0n) is 29.7. The molecule has 2 N–H and O–H groups in total. The summed E-state index contributed by atoms with van der Waals surface area (Å²) in [5, 5.41) is 14.4. The van der Waals surface area contributed by atoms with Gasteiger partial charge in [0.05, 0.1) is 25.3 Å². The van der Waals surface area contributed by atoms with Gasteiger partial charge >= 0.3 is 12.1 Å². The predicted molar refractivity (Wildman–Crippen MR) is 189 cm³/mol. The molecule has 15 heteroatoms. The van der Waals surface area contributed by atoms with Gasteiger partial charge in [0, 0.05) is 40.0 Å². The minimum atomic E-state index is -1.82. The quantitative estimate of drug-likeness (QED) is 0.214. The second-order valence-corrected chi connectivity index (χ2v) is 14.2. The fraction of sp³-hybridized carbons (Fsp3) is 0.600. The van der Waals surface area contributed by atoms with Gasteiger partial charge < -0.3 is 38.6 Å². The van der Waals surface area contributed by atoms with Crippen molar-refractivity contribution in [2.24, 2.45) is 5.92 Å². The van der Waals surface area contributed by atoms with Crippen molar-refractivity contribution in [1.29, 1.82) is 0 Å². The molecule has 2 saturated heterocycles. The number of ether oxygens (including phenoxy) is 5. The fourth-order valence-corrected chi connectivity index (χ4v) is 6.99. The molecule has 3 heterocycles. The van der Waals surface area contributed by atoms with Crippen molar-refractivity contribution in [3.63, 3.8) is 0 Å². The molecule has 0 spiro atoms. The molecule has 1 aromatic rings. The zero-order valence-corrected chi connectivity index (χ0v) is 31.4. The largest absolute Gasteiger partial charge is 0.495 e. The van der Waals surface area contributed by atoms with Crippen LogP contribution in [0.2, 0.25) is 5.02 Å². The van der Waals surface area contributed by atoms with Crippen LogP contribution in [0.5, 0.6) is 5.75 Å². The van der Waals surface area contributed by atoms with E-state index >= 15 is 0 Å². The number of benzene rings is 1. The smallest absolute Gasteiger partial charge is 0.409 e. The monoisotopic (exact) mass is 737 g/mol. The second kappa shape index (κ2) is 15.9. The number of alkyl carbamates (subject to hydrolysis) is 1. The molecular formula is C35H48ClN3O10S. The molecule has 3 amide bonds. The van der Waals surface area contributed by atoms with Gasteiger partial charge in [0.15, 0.2) is 5.72 Å². The Balaban J connectivity index is 1.78. The Morgan fingerprint density at radius 3 is 2.62 bits per heavy atom. The number of nitrogens with one attached hydrogen (secondary N) is 1. The number of likely N-dealkylation sites (N-methyl/N-ethyl adjacent to an activating group) is 1. The Hall–Kier alpha value is -3.30. The first-order valence-corrected chi connectivity index (χ1v) is 17.5. The van der Waals surface area contributed by atoms with E-state index in [1.54, 1.807) is 45.2 Å². The Morgan fingerprint density at radius 2 is 1.98 bits per heavy atom. The standard InChI is InChI=1S/C35H48ClN3O10S/c1-19-10-9-11-26(46-8)35(44)18-25(47-33(43)37-35)20(2)31-34(4,49-31)27(48-32(42)21(3)38(5)28(40)12-13-50)17-29(41)39(6)23-15-22(14-19)16-24(45-7)30(23)36/h9-11,15-16,20-21,25-27,31,44,50H,12-14,17-18H2,1-8H3,(H,37,43)/t20?,21-,25-,26+,27-,31-,34-,35-/m0/s1. The maximum Gasteiger partial charge on any atom is 0.409 e. The number of thiol groups is 1. The first-order valence-electron chi connectivity index (χ1n) is 16.4. The van der Waals surface area contributed by atoms with Crippen molar-refractivity contribution in [3.8, 4) is 5.75 Å². The average Bonchev–Trinajstić information content (AvgIpc) is 3.76. The Kier molecular flexibility index (Phi) is 12.6. The van der Waals surface area contributed by atoms with Gasteiger partial charge in [0.25, 0.3) is 0 Å². The van der Waals surface area contributed by atoms with E-state index in [9.17, 15) is 24.3 Å². The van der Waals surface area contributed by atoms with Crippen LogP contribution in [-0.4, -0.2) is 110 Å². The molecule has 1 aromatic carbocycles. The Labute approximate surface area is 303 Å². The number of carbonyl (C=O) groups excluding carboxylic acids is 4. The number of nitrogens with zero attached hydrogens (tertiary/aromatic N) is 2. The molecule has 1 unspecified atom stereocenters. The number of halogens is 1. The lowest BCUT2D eigenvalue weighted by Crippen LogP contribution is -2.63. The predicted octanol–water partition coefficient (Wildman–Crippen LogP) is 3.83. The van der Waals surface area contributed by atoms with Crippen molar-refractivity contribution in [1.82, 2.24) is 10.2 Å². The van der Waals surface area contributed by atoms with Crippen LogP contribution in [0, 0.1) is 5.92 Å². The number of hydrogen-bond donors (Lipinski definition) is 3. The van der Waals surface area contributed by atoms with Crippen molar-refractivity contribution >= 4 is 53.8 Å². The number of carbonyl (C=O) groups is 4. The van der Waals surface area contributed by atoms with Gasteiger partial charge in [-0.1, -0.05) is 42.3 Å². The highest BCUT2D eigenvalue weighted by molar-refractivity contribution is 7.80. The van der Waals surface area contributed by atoms with E-state index in [0.717, 1.165) is 11.1 Å². The number of anilines is 1. The van der Waals surface area contributed by atoms with Crippen molar-refractivity contribution in [2.45, 2.75) is 95.2 Å². The van der Waals surface area contributed by atoms with Crippen LogP contribution in [0.15, 0.2) is 35.9 Å². The number of esters is 1. The van der Waals surface area contributed by atoms with E-state index in [2.05, 4.69) is 17.9 Å². The number of hydrogen-bond acceptors (Lipinski definition) is 11. The molecule has 2 fully saturated rings. The first kappa shape index (κ1) is 39.5. The van der Waals surface area contributed by atoms with Crippen molar-refractivity contribution < 1.29 is 48.0 Å². The summed E-state index contributed by atoms with van der Waals surface area (Å²) in [7, 11) is 5.98. The van der Waals surface area contributed by atoms with Crippen molar-refractivity contribution in [2.75, 3.05) is 39.0 Å². The molecule has 276 valence electrons. The van der Waals surface area contributed by atoms with Crippen LogP contribution in [0.4, 0.5) is 10.5 Å².